The van der Waals surface area contributed by atoms with E-state index in [1.165, 1.54) is 24.3 Å². The molecule has 0 bridgehead atoms. The van der Waals surface area contributed by atoms with Gasteiger partial charge in [-0.2, -0.15) is 0 Å². The Labute approximate surface area is 125 Å². The summed E-state index contributed by atoms with van der Waals surface area (Å²) in [6.07, 6.45) is 1.41. The van der Waals surface area contributed by atoms with Crippen LogP contribution in [0, 0.1) is 17.5 Å². The number of aromatic hydroxyl groups is 1. The van der Waals surface area contributed by atoms with Crippen molar-refractivity contribution in [3.05, 3.63) is 59.9 Å². The minimum absolute atomic E-state index is 0.0109. The third kappa shape index (κ3) is 4.82. The van der Waals surface area contributed by atoms with Crippen molar-refractivity contribution in [1.29, 1.82) is 0 Å². The highest BCUT2D eigenvalue weighted by atomic mass is 31.2. The molecule has 0 aromatic heterocycles. The van der Waals surface area contributed by atoms with Gasteiger partial charge in [0.15, 0.2) is 17.5 Å². The molecule has 0 spiro atoms. The SMILES string of the molecule is C=Cc1cc(-c2cc(F)c(F)c(F)c2)ccc1O.OP(O)O. The molecule has 0 aliphatic heterocycles. The number of hydrogen-bond donors (Lipinski definition) is 4. The van der Waals surface area contributed by atoms with Crippen molar-refractivity contribution in [3.63, 3.8) is 0 Å². The fourth-order valence-corrected chi connectivity index (χ4v) is 1.62. The second kappa shape index (κ2) is 7.91. The number of phenols is 1. The minimum atomic E-state index is -2.62. The van der Waals surface area contributed by atoms with Crippen LogP contribution in [0.1, 0.15) is 5.56 Å². The number of benzene rings is 2. The van der Waals surface area contributed by atoms with Gasteiger partial charge in [0, 0.05) is 5.56 Å². The quantitative estimate of drug-likeness (QED) is 0.502. The maximum absolute atomic E-state index is 13.1. The maximum Gasteiger partial charge on any atom is 0.324 e. The van der Waals surface area contributed by atoms with E-state index in [1.54, 1.807) is 0 Å². The van der Waals surface area contributed by atoms with Gasteiger partial charge in [0.05, 0.1) is 0 Å². The molecule has 8 heteroatoms. The first-order valence-electron chi connectivity index (χ1n) is 5.73. The lowest BCUT2D eigenvalue weighted by Gasteiger charge is -2.06. The third-order valence-corrected chi connectivity index (χ3v) is 2.56. The summed E-state index contributed by atoms with van der Waals surface area (Å²) in [5, 5.41) is 9.46. The van der Waals surface area contributed by atoms with Crippen LogP contribution in [0.25, 0.3) is 17.2 Å². The Bertz CT molecular complexity index is 651. The highest BCUT2D eigenvalue weighted by molar-refractivity contribution is 7.38. The molecule has 4 nitrogen and oxygen atoms in total. The van der Waals surface area contributed by atoms with Crippen LogP contribution in [0.2, 0.25) is 0 Å². The monoisotopic (exact) mass is 332 g/mol. The Morgan fingerprint density at radius 2 is 1.41 bits per heavy atom. The fraction of sp³-hybridized carbons (Fsp3) is 0. The Morgan fingerprint density at radius 1 is 0.909 bits per heavy atom. The predicted molar refractivity (Wildman–Crippen MR) is 77.1 cm³/mol. The van der Waals surface area contributed by atoms with Gasteiger partial charge in [-0.05, 0) is 35.4 Å². The smallest absolute Gasteiger partial charge is 0.324 e. The molecule has 2 aromatic carbocycles. The summed E-state index contributed by atoms with van der Waals surface area (Å²) in [7, 11) is -2.62. The van der Waals surface area contributed by atoms with E-state index in [0.29, 0.717) is 11.1 Å². The normalized spacial score (nSPS) is 10.1. The Hall–Kier alpha value is -1.92. The number of rotatable bonds is 2. The molecule has 0 unspecified atom stereocenters. The van der Waals surface area contributed by atoms with Gasteiger partial charge in [0.2, 0.25) is 0 Å². The van der Waals surface area contributed by atoms with Crippen molar-refractivity contribution >= 4 is 14.7 Å². The van der Waals surface area contributed by atoms with Crippen molar-refractivity contribution < 1.29 is 33.0 Å². The zero-order valence-corrected chi connectivity index (χ0v) is 11.9. The lowest BCUT2D eigenvalue weighted by molar-refractivity contribution is 0.368. The van der Waals surface area contributed by atoms with E-state index < -0.39 is 26.1 Å². The zero-order valence-electron chi connectivity index (χ0n) is 11.0. The van der Waals surface area contributed by atoms with Crippen LogP contribution in [-0.4, -0.2) is 19.8 Å². The fourth-order valence-electron chi connectivity index (χ4n) is 1.62. The van der Waals surface area contributed by atoms with Crippen LogP contribution in [0.3, 0.4) is 0 Å². The van der Waals surface area contributed by atoms with E-state index in [1.807, 2.05) is 0 Å². The highest BCUT2D eigenvalue weighted by Crippen LogP contribution is 2.28. The standard InChI is InChI=1S/C14H9F3O.H3O3P/c1-2-8-5-9(3-4-13(8)18)10-6-11(15)14(17)12(16)7-10;1-4(2)3/h2-7,18H,1H2;1-3H. The summed E-state index contributed by atoms with van der Waals surface area (Å²) in [6, 6.07) is 6.17. The molecule has 4 N–H and O–H groups in total. The molecule has 2 aromatic rings. The second-order valence-corrected chi connectivity index (χ2v) is 4.54. The first-order valence-corrected chi connectivity index (χ1v) is 6.93. The molecule has 0 saturated heterocycles. The van der Waals surface area contributed by atoms with Crippen molar-refractivity contribution in [3.8, 4) is 16.9 Å². The molecule has 0 radical (unpaired) electrons. The molecule has 0 atom stereocenters. The lowest BCUT2D eigenvalue weighted by Crippen LogP contribution is -1.92. The van der Waals surface area contributed by atoms with Crippen molar-refractivity contribution in [2.24, 2.45) is 0 Å². The Kier molecular flexibility index (Phi) is 6.52. The molecular weight excluding hydrogens is 320 g/mol. The average Bonchev–Trinajstić information content (AvgIpc) is 2.44. The number of hydrogen-bond acceptors (Lipinski definition) is 4. The molecule has 0 saturated carbocycles. The van der Waals surface area contributed by atoms with Gasteiger partial charge in [0.1, 0.15) is 5.75 Å². The summed E-state index contributed by atoms with van der Waals surface area (Å²) in [5.74, 6) is -3.99. The van der Waals surface area contributed by atoms with Crippen LogP contribution in [0.5, 0.6) is 5.75 Å². The highest BCUT2D eigenvalue weighted by Gasteiger charge is 2.12. The van der Waals surface area contributed by atoms with Gasteiger partial charge in [-0.15, -0.1) is 0 Å². The molecular formula is C14H12F3O4P. The minimum Gasteiger partial charge on any atom is -0.507 e. The summed E-state index contributed by atoms with van der Waals surface area (Å²) in [4.78, 5) is 21.7. The molecule has 0 fully saturated rings. The van der Waals surface area contributed by atoms with Crippen LogP contribution in [0.15, 0.2) is 36.9 Å². The first kappa shape index (κ1) is 18.1. The van der Waals surface area contributed by atoms with Crippen LogP contribution >= 0.6 is 8.60 Å². The van der Waals surface area contributed by atoms with E-state index in [-0.39, 0.29) is 11.3 Å². The Balaban J connectivity index is 0.000000541. The molecule has 0 aliphatic rings. The molecule has 0 heterocycles. The van der Waals surface area contributed by atoms with Gasteiger partial charge in [0.25, 0.3) is 0 Å². The average molecular weight is 332 g/mol. The van der Waals surface area contributed by atoms with Gasteiger partial charge < -0.3 is 19.8 Å². The molecule has 2 rings (SSSR count). The number of phenolic OH excluding ortho intramolecular Hbond substituents is 1. The van der Waals surface area contributed by atoms with E-state index in [0.717, 1.165) is 12.1 Å². The number of halogens is 3. The van der Waals surface area contributed by atoms with Gasteiger partial charge in [-0.1, -0.05) is 18.7 Å². The summed E-state index contributed by atoms with van der Waals surface area (Å²) < 4.78 is 39.0. The topological polar surface area (TPSA) is 80.9 Å². The zero-order chi connectivity index (χ0) is 16.9. The summed E-state index contributed by atoms with van der Waals surface area (Å²) in [5.41, 5.74) is 1.08. The summed E-state index contributed by atoms with van der Waals surface area (Å²) >= 11 is 0. The maximum atomic E-state index is 13.1. The van der Waals surface area contributed by atoms with Gasteiger partial charge in [-0.3, -0.25) is 0 Å². The van der Waals surface area contributed by atoms with Crippen LogP contribution in [0.4, 0.5) is 13.2 Å². The van der Waals surface area contributed by atoms with Crippen LogP contribution in [-0.2, 0) is 0 Å². The van der Waals surface area contributed by atoms with E-state index in [9.17, 15) is 18.3 Å². The van der Waals surface area contributed by atoms with Gasteiger partial charge in [-0.25, -0.2) is 13.2 Å². The molecule has 0 aliphatic carbocycles. The third-order valence-electron chi connectivity index (χ3n) is 2.56. The van der Waals surface area contributed by atoms with Crippen molar-refractivity contribution in [2.75, 3.05) is 0 Å². The van der Waals surface area contributed by atoms with E-state index in [2.05, 4.69) is 6.58 Å². The first-order chi connectivity index (χ1) is 10.3. The van der Waals surface area contributed by atoms with Crippen molar-refractivity contribution in [2.45, 2.75) is 0 Å². The van der Waals surface area contributed by atoms with Gasteiger partial charge >= 0.3 is 8.60 Å². The molecule has 118 valence electrons. The predicted octanol–water partition coefficient (Wildman–Crippen LogP) is 3.31. The second-order valence-electron chi connectivity index (χ2n) is 4.00. The van der Waals surface area contributed by atoms with E-state index >= 15 is 0 Å². The lowest BCUT2D eigenvalue weighted by atomic mass is 10.0. The molecule has 0 amide bonds. The Morgan fingerprint density at radius 3 is 1.86 bits per heavy atom. The van der Waals surface area contributed by atoms with Crippen LogP contribution < -0.4 is 0 Å². The van der Waals surface area contributed by atoms with E-state index in [4.69, 9.17) is 14.7 Å². The van der Waals surface area contributed by atoms with Crippen molar-refractivity contribution in [1.82, 2.24) is 0 Å². The molecule has 22 heavy (non-hydrogen) atoms. The largest absolute Gasteiger partial charge is 0.507 e. The summed E-state index contributed by atoms with van der Waals surface area (Å²) in [6.45, 7) is 3.51.